The number of esters is 4. The van der Waals surface area contributed by atoms with Crippen LogP contribution in [0.3, 0.4) is 0 Å². The maximum atomic E-state index is 13.1. The minimum atomic E-state index is -4.96. The minimum Gasteiger partial charge on any atom is -0.462 e. The maximum Gasteiger partial charge on any atom is 0.472 e. The second-order valence-electron chi connectivity index (χ2n) is 30.2. The number of rotatable bonds is 77. The lowest BCUT2D eigenvalue weighted by Gasteiger charge is -2.21. The molecule has 0 aromatic rings. The standard InChI is InChI=1S/C80H156O17P2/c1-9-72(7)58-50-42-33-27-21-17-15-13-11-12-14-16-18-22-30-36-46-54-62-79(84)96-75(66-90-77(82)60-52-44-35-29-23-19-20-26-32-40-48-56-70(3)4)68-94-98(86,87)92-64-74(81)65-93-99(88,89)95-69-76(67-91-78(83)61-53-45-39-38-41-49-57-71(5)6)97-80(85)63-55-47-37-31-25-24-28-34-43-51-59-73(8)10-2/h70-76,81H,9-69H2,1-8H3,(H,86,87)(H,88,89)/t72?,73?,74-,75-,76-/m1/s1. The monoisotopic (exact) mass is 1450 g/mol. The van der Waals surface area contributed by atoms with Gasteiger partial charge in [-0.05, 0) is 49.4 Å². The third-order valence-electron chi connectivity index (χ3n) is 19.3. The van der Waals surface area contributed by atoms with Crippen molar-refractivity contribution in [2.75, 3.05) is 39.6 Å². The van der Waals surface area contributed by atoms with Crippen molar-refractivity contribution in [2.45, 2.75) is 427 Å². The van der Waals surface area contributed by atoms with E-state index in [9.17, 15) is 43.2 Å². The van der Waals surface area contributed by atoms with Gasteiger partial charge >= 0.3 is 39.5 Å². The summed E-state index contributed by atoms with van der Waals surface area (Å²) in [6.07, 6.45) is 55.6. The van der Waals surface area contributed by atoms with Crippen molar-refractivity contribution in [2.24, 2.45) is 23.7 Å². The molecule has 7 atom stereocenters. The van der Waals surface area contributed by atoms with Gasteiger partial charge in [-0.25, -0.2) is 9.13 Å². The van der Waals surface area contributed by atoms with Gasteiger partial charge in [-0.3, -0.25) is 37.3 Å². The van der Waals surface area contributed by atoms with Gasteiger partial charge in [-0.1, -0.05) is 357 Å². The molecule has 0 amide bonds. The molecule has 0 bridgehead atoms. The smallest absolute Gasteiger partial charge is 0.462 e. The first-order valence-corrected chi connectivity index (χ1v) is 44.3. The highest BCUT2D eigenvalue weighted by molar-refractivity contribution is 7.47. The summed E-state index contributed by atoms with van der Waals surface area (Å²) in [5.41, 5.74) is 0. The predicted octanol–water partition coefficient (Wildman–Crippen LogP) is 23.6. The molecule has 0 fully saturated rings. The van der Waals surface area contributed by atoms with Gasteiger partial charge in [0.1, 0.15) is 19.3 Å². The van der Waals surface area contributed by atoms with Gasteiger partial charge in [0.15, 0.2) is 12.2 Å². The zero-order chi connectivity index (χ0) is 73.1. The molecule has 0 spiro atoms. The van der Waals surface area contributed by atoms with Crippen molar-refractivity contribution in [1.29, 1.82) is 0 Å². The highest BCUT2D eigenvalue weighted by atomic mass is 31.2. The summed E-state index contributed by atoms with van der Waals surface area (Å²) in [6.45, 7) is 14.2. The van der Waals surface area contributed by atoms with Crippen LogP contribution in [0.2, 0.25) is 0 Å². The zero-order valence-electron chi connectivity index (χ0n) is 65.1. The highest BCUT2D eigenvalue weighted by Crippen LogP contribution is 2.45. The fourth-order valence-corrected chi connectivity index (χ4v) is 13.8. The van der Waals surface area contributed by atoms with E-state index in [0.29, 0.717) is 31.6 Å². The van der Waals surface area contributed by atoms with Crippen LogP contribution in [0.5, 0.6) is 0 Å². The Labute approximate surface area is 607 Å². The molecule has 0 aliphatic heterocycles. The Morgan fingerprint density at radius 1 is 0.283 bits per heavy atom. The molecular formula is C80H156O17P2. The summed E-state index contributed by atoms with van der Waals surface area (Å²) in [7, 11) is -9.92. The number of aliphatic hydroxyl groups excluding tert-OH is 1. The quantitative estimate of drug-likeness (QED) is 0.0222. The van der Waals surface area contributed by atoms with Gasteiger partial charge in [-0.2, -0.15) is 0 Å². The number of aliphatic hydroxyl groups is 1. The second kappa shape index (κ2) is 69.1. The molecule has 588 valence electrons. The molecule has 0 rings (SSSR count). The van der Waals surface area contributed by atoms with Gasteiger partial charge in [0.05, 0.1) is 26.4 Å². The van der Waals surface area contributed by atoms with Crippen LogP contribution in [0.25, 0.3) is 0 Å². The van der Waals surface area contributed by atoms with E-state index < -0.39 is 97.5 Å². The van der Waals surface area contributed by atoms with Crippen molar-refractivity contribution >= 4 is 39.5 Å². The first-order chi connectivity index (χ1) is 47.7. The van der Waals surface area contributed by atoms with Crippen LogP contribution in [-0.4, -0.2) is 96.7 Å². The van der Waals surface area contributed by atoms with E-state index in [1.54, 1.807) is 0 Å². The average Bonchev–Trinajstić information content (AvgIpc) is 0.963. The number of carbonyl (C=O) groups excluding carboxylic acids is 4. The predicted molar refractivity (Wildman–Crippen MR) is 404 cm³/mol. The molecule has 0 heterocycles. The summed E-state index contributed by atoms with van der Waals surface area (Å²) in [5, 5.41) is 10.6. The number of phosphoric acid groups is 2. The second-order valence-corrected chi connectivity index (χ2v) is 33.1. The fraction of sp³-hybridized carbons (Fsp3) is 0.950. The lowest BCUT2D eigenvalue weighted by Crippen LogP contribution is -2.30. The highest BCUT2D eigenvalue weighted by Gasteiger charge is 2.30. The molecular weight excluding hydrogens is 1290 g/mol. The third-order valence-corrected chi connectivity index (χ3v) is 21.2. The Kier molecular flexibility index (Phi) is 67.8. The molecule has 0 aromatic heterocycles. The van der Waals surface area contributed by atoms with E-state index >= 15 is 0 Å². The van der Waals surface area contributed by atoms with Crippen LogP contribution < -0.4 is 0 Å². The topological polar surface area (TPSA) is 237 Å². The molecule has 0 radical (unpaired) electrons. The lowest BCUT2D eigenvalue weighted by molar-refractivity contribution is -0.161. The molecule has 17 nitrogen and oxygen atoms in total. The molecule has 0 aliphatic carbocycles. The fourth-order valence-electron chi connectivity index (χ4n) is 12.2. The maximum absolute atomic E-state index is 13.1. The molecule has 99 heavy (non-hydrogen) atoms. The normalized spacial score (nSPS) is 14.6. The van der Waals surface area contributed by atoms with Crippen LogP contribution >= 0.6 is 15.6 Å². The summed E-state index contributed by atoms with van der Waals surface area (Å²) in [5.74, 6) is 1.01. The Morgan fingerprint density at radius 3 is 0.717 bits per heavy atom. The van der Waals surface area contributed by atoms with Crippen molar-refractivity contribution < 1.29 is 80.2 Å². The van der Waals surface area contributed by atoms with E-state index in [2.05, 4.69) is 55.4 Å². The largest absolute Gasteiger partial charge is 0.472 e. The lowest BCUT2D eigenvalue weighted by atomic mass is 9.99. The van der Waals surface area contributed by atoms with Gasteiger partial charge in [-0.15, -0.1) is 0 Å². The van der Waals surface area contributed by atoms with E-state index in [0.717, 1.165) is 114 Å². The van der Waals surface area contributed by atoms with Crippen LogP contribution in [0, 0.1) is 23.7 Å². The van der Waals surface area contributed by atoms with E-state index in [4.69, 9.17) is 37.0 Å². The van der Waals surface area contributed by atoms with Crippen molar-refractivity contribution in [1.82, 2.24) is 0 Å². The Balaban J connectivity index is 5.20. The van der Waals surface area contributed by atoms with Crippen LogP contribution in [0.15, 0.2) is 0 Å². The summed E-state index contributed by atoms with van der Waals surface area (Å²) < 4.78 is 68.6. The van der Waals surface area contributed by atoms with E-state index in [1.807, 2.05) is 0 Å². The van der Waals surface area contributed by atoms with E-state index in [1.165, 1.54) is 205 Å². The van der Waals surface area contributed by atoms with Gasteiger partial charge in [0.25, 0.3) is 0 Å². The first kappa shape index (κ1) is 97.1. The number of unbranched alkanes of at least 4 members (excludes halogenated alkanes) is 41. The molecule has 0 aromatic carbocycles. The number of hydrogen-bond donors (Lipinski definition) is 3. The van der Waals surface area contributed by atoms with Gasteiger partial charge in [0, 0.05) is 25.7 Å². The minimum absolute atomic E-state index is 0.105. The molecule has 4 unspecified atom stereocenters. The third kappa shape index (κ3) is 71.5. The number of hydrogen-bond acceptors (Lipinski definition) is 15. The first-order valence-electron chi connectivity index (χ1n) is 41.3. The van der Waals surface area contributed by atoms with E-state index in [-0.39, 0.29) is 25.7 Å². The molecule has 3 N–H and O–H groups in total. The zero-order valence-corrected chi connectivity index (χ0v) is 66.9. The Bertz CT molecular complexity index is 1940. The number of ether oxygens (including phenoxy) is 4. The molecule has 0 saturated carbocycles. The van der Waals surface area contributed by atoms with Crippen molar-refractivity contribution in [3.8, 4) is 0 Å². The summed E-state index contributed by atoms with van der Waals surface area (Å²) >= 11 is 0. The van der Waals surface area contributed by atoms with Crippen LogP contribution in [0.4, 0.5) is 0 Å². The summed E-state index contributed by atoms with van der Waals surface area (Å²) in [4.78, 5) is 72.9. The molecule has 19 heteroatoms. The van der Waals surface area contributed by atoms with Crippen LogP contribution in [0.1, 0.15) is 409 Å². The van der Waals surface area contributed by atoms with Crippen molar-refractivity contribution in [3.63, 3.8) is 0 Å². The van der Waals surface area contributed by atoms with Crippen LogP contribution in [-0.2, 0) is 65.4 Å². The Hall–Kier alpha value is -1.94. The molecule has 0 saturated heterocycles. The summed E-state index contributed by atoms with van der Waals surface area (Å²) in [6, 6.07) is 0. The Morgan fingerprint density at radius 2 is 0.485 bits per heavy atom. The van der Waals surface area contributed by atoms with Crippen molar-refractivity contribution in [3.05, 3.63) is 0 Å². The molecule has 0 aliphatic rings. The SMILES string of the molecule is CCC(C)CCCCCCCCCCCCCCCCCCCCC(=O)O[C@H](COC(=O)CCCCCCCCCCCCCC(C)C)COP(=O)(O)OC[C@@H](O)COP(=O)(O)OC[C@@H](COC(=O)CCCCCCCCC(C)C)OC(=O)CCCCCCCCCCCCC(C)CC. The average molecular weight is 1450 g/mol. The van der Waals surface area contributed by atoms with Gasteiger partial charge in [0.2, 0.25) is 0 Å². The number of carbonyl (C=O) groups is 4. The number of phosphoric ester groups is 2. The van der Waals surface area contributed by atoms with Gasteiger partial charge < -0.3 is 33.8 Å².